The van der Waals surface area contributed by atoms with Crippen LogP contribution in [0.1, 0.15) is 35.5 Å². The lowest BCUT2D eigenvalue weighted by molar-refractivity contribution is -0.245. The summed E-state index contributed by atoms with van der Waals surface area (Å²) < 4.78 is 20.3. The lowest BCUT2D eigenvalue weighted by Gasteiger charge is -2.36. The number of carbonyl (C=O) groups excluding carboxylic acids is 1. The molecule has 4 aromatic carbocycles. The molecule has 0 aliphatic carbocycles. The number of thioether (sulfide) groups is 1. The fraction of sp³-hybridized carbons (Fsp3) is 0.212. The van der Waals surface area contributed by atoms with E-state index in [2.05, 4.69) is 26.2 Å². The Bertz CT molecular complexity index is 1700. The summed E-state index contributed by atoms with van der Waals surface area (Å²) in [5.74, 6) is 2.02. The minimum atomic E-state index is -0.675. The SMILES string of the molecule is Cn1nnnc1SCC1CC(c2ccc(CO)cc2)OC(c2cccc(NC(=O)Nc3ccc(Oc4ccccc4)cc3)c2)O1. The maximum Gasteiger partial charge on any atom is 0.323 e. The minimum absolute atomic E-state index is 0.0239. The highest BCUT2D eigenvalue weighted by atomic mass is 32.2. The number of anilines is 2. The molecule has 0 radical (unpaired) electrons. The molecule has 3 unspecified atom stereocenters. The maximum atomic E-state index is 12.9. The van der Waals surface area contributed by atoms with E-state index in [4.69, 9.17) is 14.2 Å². The summed E-state index contributed by atoms with van der Waals surface area (Å²) in [6.07, 6.45) is -0.454. The van der Waals surface area contributed by atoms with Crippen molar-refractivity contribution in [3.8, 4) is 11.5 Å². The van der Waals surface area contributed by atoms with Crippen molar-refractivity contribution in [2.45, 2.75) is 36.7 Å². The smallest absolute Gasteiger partial charge is 0.323 e. The predicted molar refractivity (Wildman–Crippen MR) is 170 cm³/mol. The van der Waals surface area contributed by atoms with E-state index < -0.39 is 6.29 Å². The van der Waals surface area contributed by atoms with Crippen LogP contribution in [0.25, 0.3) is 0 Å². The number of aliphatic hydroxyl groups is 1. The summed E-state index contributed by atoms with van der Waals surface area (Å²) >= 11 is 1.51. The van der Waals surface area contributed by atoms with Crippen molar-refractivity contribution in [2.75, 3.05) is 16.4 Å². The first-order valence-corrected chi connectivity index (χ1v) is 15.4. The van der Waals surface area contributed by atoms with E-state index in [1.165, 1.54) is 11.8 Å². The second kappa shape index (κ2) is 14.4. The number of tetrazole rings is 1. The molecule has 3 N–H and O–H groups in total. The van der Waals surface area contributed by atoms with E-state index in [9.17, 15) is 9.90 Å². The third-order valence-electron chi connectivity index (χ3n) is 7.10. The quantitative estimate of drug-likeness (QED) is 0.149. The van der Waals surface area contributed by atoms with Gasteiger partial charge >= 0.3 is 6.03 Å². The van der Waals surface area contributed by atoms with Gasteiger partial charge in [-0.2, -0.15) is 0 Å². The minimum Gasteiger partial charge on any atom is -0.457 e. The van der Waals surface area contributed by atoms with Crippen LogP contribution in [0.3, 0.4) is 0 Å². The van der Waals surface area contributed by atoms with Gasteiger partial charge in [-0.15, -0.1) is 5.10 Å². The van der Waals surface area contributed by atoms with Gasteiger partial charge in [0.2, 0.25) is 5.16 Å². The Morgan fingerprint density at radius 3 is 2.40 bits per heavy atom. The first-order chi connectivity index (χ1) is 22.0. The average molecular weight is 625 g/mol. The summed E-state index contributed by atoms with van der Waals surface area (Å²) in [6, 6.07) is 31.4. The number of urea groups is 1. The molecule has 2 amide bonds. The number of amides is 2. The summed E-state index contributed by atoms with van der Waals surface area (Å²) in [7, 11) is 1.80. The number of nitrogens with zero attached hydrogens (tertiary/aromatic N) is 4. The van der Waals surface area contributed by atoms with Crippen LogP contribution in [0.4, 0.5) is 16.2 Å². The van der Waals surface area contributed by atoms with E-state index in [0.29, 0.717) is 34.5 Å². The molecule has 0 saturated carbocycles. The summed E-state index contributed by atoms with van der Waals surface area (Å²) in [6.45, 7) is -0.0239. The zero-order chi connectivity index (χ0) is 31.0. The van der Waals surface area contributed by atoms with Gasteiger partial charge in [-0.25, -0.2) is 9.48 Å². The lowest BCUT2D eigenvalue weighted by Crippen LogP contribution is -2.31. The first-order valence-electron chi connectivity index (χ1n) is 14.4. The standard InChI is InChI=1S/C33H32N6O5S/c1-39-33(36-37-38-39)45-21-29-19-30(23-12-10-22(20-40)11-13-23)44-31(43-29)24-6-5-7-26(18-24)35-32(41)34-25-14-16-28(17-15-25)42-27-8-3-2-4-9-27/h2-18,29-31,40H,19-21H2,1H3,(H2,34,35,41). The van der Waals surface area contributed by atoms with E-state index in [1.54, 1.807) is 36.0 Å². The Hall–Kier alpha value is -4.75. The van der Waals surface area contributed by atoms with Crippen molar-refractivity contribution in [3.63, 3.8) is 0 Å². The number of para-hydroxylation sites is 1. The van der Waals surface area contributed by atoms with E-state index in [-0.39, 0.29) is 24.8 Å². The molecule has 3 atom stereocenters. The zero-order valence-corrected chi connectivity index (χ0v) is 25.3. The highest BCUT2D eigenvalue weighted by Gasteiger charge is 2.32. The molecule has 1 fully saturated rings. The predicted octanol–water partition coefficient (Wildman–Crippen LogP) is 6.48. The fourth-order valence-electron chi connectivity index (χ4n) is 4.82. The van der Waals surface area contributed by atoms with Crippen LogP contribution in [-0.2, 0) is 23.1 Å². The third kappa shape index (κ3) is 8.05. The van der Waals surface area contributed by atoms with Crippen molar-refractivity contribution < 1.29 is 24.1 Å². The molecule has 0 bridgehead atoms. The molecule has 5 aromatic rings. The van der Waals surface area contributed by atoms with E-state index >= 15 is 0 Å². The molecule has 6 rings (SSSR count). The number of aryl methyl sites for hydroxylation is 1. The average Bonchev–Trinajstić information content (AvgIpc) is 3.49. The Balaban J connectivity index is 1.12. The number of aliphatic hydroxyl groups excluding tert-OH is 1. The molecular weight excluding hydrogens is 592 g/mol. The Kier molecular flexibility index (Phi) is 9.66. The number of aromatic nitrogens is 4. The molecule has 1 saturated heterocycles. The molecule has 45 heavy (non-hydrogen) atoms. The van der Waals surface area contributed by atoms with Crippen LogP contribution in [0.15, 0.2) is 108 Å². The van der Waals surface area contributed by atoms with Crippen LogP contribution >= 0.6 is 11.8 Å². The number of nitrogens with one attached hydrogen (secondary N) is 2. The van der Waals surface area contributed by atoms with Gasteiger partial charge in [0.05, 0.1) is 18.8 Å². The van der Waals surface area contributed by atoms with Crippen LogP contribution in [-0.4, -0.2) is 43.2 Å². The number of benzene rings is 4. The van der Waals surface area contributed by atoms with Crippen molar-refractivity contribution in [1.29, 1.82) is 0 Å². The molecule has 1 aliphatic rings. The van der Waals surface area contributed by atoms with Gasteiger partial charge in [0.15, 0.2) is 6.29 Å². The first kappa shape index (κ1) is 30.3. The fourth-order valence-corrected chi connectivity index (χ4v) is 5.69. The number of hydrogen-bond donors (Lipinski definition) is 3. The van der Waals surface area contributed by atoms with Gasteiger partial charge in [-0.05, 0) is 70.1 Å². The van der Waals surface area contributed by atoms with Gasteiger partial charge < -0.3 is 30.0 Å². The molecule has 11 nitrogen and oxygen atoms in total. The second-order valence-corrected chi connectivity index (χ2v) is 11.4. The summed E-state index contributed by atoms with van der Waals surface area (Å²) in [5.41, 5.74) is 3.80. The lowest BCUT2D eigenvalue weighted by atomic mass is 10.0. The third-order valence-corrected chi connectivity index (χ3v) is 8.24. The van der Waals surface area contributed by atoms with Gasteiger partial charge in [-0.1, -0.05) is 66.4 Å². The monoisotopic (exact) mass is 624 g/mol. The molecule has 0 spiro atoms. The summed E-state index contributed by atoms with van der Waals surface area (Å²) in [4.78, 5) is 12.9. The molecule has 1 aliphatic heterocycles. The number of carbonyl (C=O) groups is 1. The summed E-state index contributed by atoms with van der Waals surface area (Å²) in [5, 5.41) is 27.6. The molecule has 1 aromatic heterocycles. The van der Waals surface area contributed by atoms with Gasteiger partial charge in [0.1, 0.15) is 11.5 Å². The highest BCUT2D eigenvalue weighted by molar-refractivity contribution is 7.99. The number of ether oxygens (including phenoxy) is 3. The number of rotatable bonds is 10. The molecule has 230 valence electrons. The van der Waals surface area contributed by atoms with Gasteiger partial charge in [-0.3, -0.25) is 0 Å². The van der Waals surface area contributed by atoms with Crippen molar-refractivity contribution >= 4 is 29.2 Å². The van der Waals surface area contributed by atoms with E-state index in [0.717, 1.165) is 22.4 Å². The Morgan fingerprint density at radius 2 is 1.67 bits per heavy atom. The Labute approximate surface area is 264 Å². The van der Waals surface area contributed by atoms with Crippen molar-refractivity contribution in [1.82, 2.24) is 20.2 Å². The largest absolute Gasteiger partial charge is 0.457 e. The van der Waals surface area contributed by atoms with Crippen molar-refractivity contribution in [2.24, 2.45) is 7.05 Å². The molecular formula is C33H32N6O5S. The molecule has 12 heteroatoms. The second-order valence-electron chi connectivity index (χ2n) is 10.4. The highest BCUT2D eigenvalue weighted by Crippen LogP contribution is 2.39. The molecule has 2 heterocycles. The van der Waals surface area contributed by atoms with Gasteiger partial charge in [0.25, 0.3) is 0 Å². The maximum absolute atomic E-state index is 12.9. The van der Waals surface area contributed by atoms with Crippen LogP contribution in [0.5, 0.6) is 11.5 Å². The van der Waals surface area contributed by atoms with Gasteiger partial charge in [0, 0.05) is 36.2 Å². The topological polar surface area (TPSA) is 133 Å². The Morgan fingerprint density at radius 1 is 0.911 bits per heavy atom. The van der Waals surface area contributed by atoms with Crippen molar-refractivity contribution in [3.05, 3.63) is 120 Å². The normalized spacial score (nSPS) is 17.9. The van der Waals surface area contributed by atoms with Crippen LogP contribution in [0, 0.1) is 0 Å². The number of hydrogen-bond acceptors (Lipinski definition) is 9. The van der Waals surface area contributed by atoms with E-state index in [1.807, 2.05) is 78.9 Å². The zero-order valence-electron chi connectivity index (χ0n) is 24.4. The van der Waals surface area contributed by atoms with Crippen LogP contribution in [0.2, 0.25) is 0 Å². The van der Waals surface area contributed by atoms with Crippen LogP contribution < -0.4 is 15.4 Å².